The maximum absolute atomic E-state index is 4.46. The van der Waals surface area contributed by atoms with Crippen molar-refractivity contribution in [3.63, 3.8) is 0 Å². The molecule has 1 heterocycles. The van der Waals surface area contributed by atoms with Gasteiger partial charge < -0.3 is 5.32 Å². The fourth-order valence-electron chi connectivity index (χ4n) is 2.44. The van der Waals surface area contributed by atoms with Crippen molar-refractivity contribution in [2.45, 2.75) is 39.0 Å². The van der Waals surface area contributed by atoms with E-state index < -0.39 is 0 Å². The summed E-state index contributed by atoms with van der Waals surface area (Å²) in [6.07, 6.45) is 6.77. The third-order valence-corrected chi connectivity index (χ3v) is 4.44. The van der Waals surface area contributed by atoms with Gasteiger partial charge in [-0.25, -0.2) is 4.98 Å². The lowest BCUT2D eigenvalue weighted by atomic mass is 9.98. The van der Waals surface area contributed by atoms with Gasteiger partial charge in [-0.2, -0.15) is 4.37 Å². The maximum atomic E-state index is 4.46. The van der Waals surface area contributed by atoms with Gasteiger partial charge in [0.2, 0.25) is 5.13 Å². The van der Waals surface area contributed by atoms with Crippen LogP contribution in [0.3, 0.4) is 0 Å². The van der Waals surface area contributed by atoms with E-state index in [1.54, 1.807) is 0 Å². The summed E-state index contributed by atoms with van der Waals surface area (Å²) in [7, 11) is 0. The van der Waals surface area contributed by atoms with E-state index in [0.29, 0.717) is 0 Å². The van der Waals surface area contributed by atoms with Gasteiger partial charge in [-0.15, -0.1) is 0 Å². The topological polar surface area (TPSA) is 37.8 Å². The number of nitrogens with one attached hydrogen (secondary N) is 1. The SMILES string of the molecule is CCc1nsc(NCC(C2CC2)C2CC2)n1. The molecular formula is C12H19N3S. The molecule has 3 nitrogen and oxygen atoms in total. The van der Waals surface area contributed by atoms with Crippen molar-refractivity contribution in [1.29, 1.82) is 0 Å². The Labute approximate surface area is 101 Å². The first-order valence-electron chi connectivity index (χ1n) is 6.43. The van der Waals surface area contributed by atoms with Crippen molar-refractivity contribution in [2.24, 2.45) is 17.8 Å². The molecule has 0 unspecified atom stereocenters. The largest absolute Gasteiger partial charge is 0.360 e. The molecule has 2 aliphatic rings. The van der Waals surface area contributed by atoms with Crippen molar-refractivity contribution in [2.75, 3.05) is 11.9 Å². The highest BCUT2D eigenvalue weighted by atomic mass is 32.1. The highest BCUT2D eigenvalue weighted by molar-refractivity contribution is 7.09. The molecular weight excluding hydrogens is 218 g/mol. The van der Waals surface area contributed by atoms with Crippen LogP contribution in [0.1, 0.15) is 38.4 Å². The molecule has 4 heteroatoms. The predicted octanol–water partition coefficient (Wildman–Crippen LogP) is 2.95. The molecule has 3 rings (SSSR count). The number of anilines is 1. The lowest BCUT2D eigenvalue weighted by Crippen LogP contribution is -2.18. The van der Waals surface area contributed by atoms with E-state index in [2.05, 4.69) is 21.6 Å². The Morgan fingerprint density at radius 1 is 1.31 bits per heavy atom. The van der Waals surface area contributed by atoms with E-state index in [4.69, 9.17) is 0 Å². The number of aryl methyl sites for hydroxylation is 1. The van der Waals surface area contributed by atoms with Gasteiger partial charge in [0.25, 0.3) is 0 Å². The lowest BCUT2D eigenvalue weighted by Gasteiger charge is -2.15. The fraction of sp³-hybridized carbons (Fsp3) is 0.833. The van der Waals surface area contributed by atoms with Gasteiger partial charge in [-0.3, -0.25) is 0 Å². The monoisotopic (exact) mass is 237 g/mol. The van der Waals surface area contributed by atoms with Crippen molar-refractivity contribution in [3.8, 4) is 0 Å². The first-order valence-corrected chi connectivity index (χ1v) is 7.20. The van der Waals surface area contributed by atoms with Crippen LogP contribution in [0, 0.1) is 17.8 Å². The summed E-state index contributed by atoms with van der Waals surface area (Å²) in [5.74, 6) is 3.91. The molecule has 0 bridgehead atoms. The lowest BCUT2D eigenvalue weighted by molar-refractivity contribution is 0.428. The van der Waals surface area contributed by atoms with Gasteiger partial charge >= 0.3 is 0 Å². The van der Waals surface area contributed by atoms with E-state index in [9.17, 15) is 0 Å². The molecule has 1 aromatic heterocycles. The third-order valence-electron chi connectivity index (χ3n) is 3.73. The van der Waals surface area contributed by atoms with E-state index in [1.165, 1.54) is 37.2 Å². The molecule has 0 aliphatic heterocycles. The highest BCUT2D eigenvalue weighted by Gasteiger charge is 2.41. The van der Waals surface area contributed by atoms with Crippen LogP contribution in [0.25, 0.3) is 0 Å². The minimum Gasteiger partial charge on any atom is -0.360 e. The number of aromatic nitrogens is 2. The Morgan fingerprint density at radius 2 is 2.00 bits per heavy atom. The van der Waals surface area contributed by atoms with E-state index >= 15 is 0 Å². The second-order valence-corrected chi connectivity index (χ2v) is 5.84. The van der Waals surface area contributed by atoms with Crippen molar-refractivity contribution in [3.05, 3.63) is 5.82 Å². The Morgan fingerprint density at radius 3 is 2.50 bits per heavy atom. The van der Waals surface area contributed by atoms with Crippen LogP contribution in [-0.2, 0) is 6.42 Å². The van der Waals surface area contributed by atoms with E-state index in [-0.39, 0.29) is 0 Å². The molecule has 0 spiro atoms. The zero-order chi connectivity index (χ0) is 11.0. The molecule has 1 aromatic rings. The van der Waals surface area contributed by atoms with Crippen LogP contribution in [-0.4, -0.2) is 15.9 Å². The van der Waals surface area contributed by atoms with Crippen LogP contribution >= 0.6 is 11.5 Å². The van der Waals surface area contributed by atoms with Crippen LogP contribution in [0.15, 0.2) is 0 Å². The molecule has 2 fully saturated rings. The molecule has 0 atom stereocenters. The Balaban J connectivity index is 1.53. The van der Waals surface area contributed by atoms with Crippen LogP contribution < -0.4 is 5.32 Å². The number of nitrogens with zero attached hydrogens (tertiary/aromatic N) is 2. The number of rotatable bonds is 6. The Hall–Kier alpha value is -0.640. The van der Waals surface area contributed by atoms with Gasteiger partial charge in [0.05, 0.1) is 0 Å². The standard InChI is InChI=1S/C12H19N3S/c1-2-11-14-12(16-15-11)13-7-10(8-3-4-8)9-5-6-9/h8-10H,2-7H2,1H3,(H,13,14,15). The molecule has 0 saturated heterocycles. The zero-order valence-electron chi connectivity index (χ0n) is 9.78. The van der Waals surface area contributed by atoms with Gasteiger partial charge in [-0.1, -0.05) is 6.92 Å². The van der Waals surface area contributed by atoms with E-state index in [1.807, 2.05) is 0 Å². The fourth-order valence-corrected chi connectivity index (χ4v) is 3.10. The summed E-state index contributed by atoms with van der Waals surface area (Å²) in [6, 6.07) is 0. The van der Waals surface area contributed by atoms with Crippen molar-refractivity contribution in [1.82, 2.24) is 9.36 Å². The molecule has 2 saturated carbocycles. The zero-order valence-corrected chi connectivity index (χ0v) is 10.6. The first kappa shape index (κ1) is 10.5. The summed E-state index contributed by atoms with van der Waals surface area (Å²) in [5, 5.41) is 4.50. The molecule has 16 heavy (non-hydrogen) atoms. The van der Waals surface area contributed by atoms with Gasteiger partial charge in [0.1, 0.15) is 5.82 Å². The smallest absolute Gasteiger partial charge is 0.202 e. The second-order valence-electron chi connectivity index (χ2n) is 5.09. The molecule has 2 aliphatic carbocycles. The average Bonchev–Trinajstić information content (AvgIpc) is 3.20. The van der Waals surface area contributed by atoms with Crippen molar-refractivity contribution < 1.29 is 0 Å². The molecule has 88 valence electrons. The third kappa shape index (κ3) is 2.37. The molecule has 0 radical (unpaired) electrons. The summed E-state index contributed by atoms with van der Waals surface area (Å²) in [6.45, 7) is 3.22. The number of hydrogen-bond acceptors (Lipinski definition) is 4. The van der Waals surface area contributed by atoms with E-state index in [0.717, 1.165) is 41.7 Å². The normalized spacial score (nSPS) is 20.4. The molecule has 0 amide bonds. The summed E-state index contributed by atoms with van der Waals surface area (Å²) in [4.78, 5) is 4.46. The highest BCUT2D eigenvalue weighted by Crippen LogP contribution is 2.49. The minimum atomic E-state index is 0.911. The molecule has 0 aromatic carbocycles. The van der Waals surface area contributed by atoms with Crippen LogP contribution in [0.2, 0.25) is 0 Å². The summed E-state index contributed by atoms with van der Waals surface area (Å²) < 4.78 is 4.30. The predicted molar refractivity (Wildman–Crippen MR) is 66.7 cm³/mol. The Kier molecular flexibility index (Phi) is 2.84. The summed E-state index contributed by atoms with van der Waals surface area (Å²) in [5.41, 5.74) is 0. The maximum Gasteiger partial charge on any atom is 0.202 e. The van der Waals surface area contributed by atoms with Crippen molar-refractivity contribution >= 4 is 16.7 Å². The van der Waals surface area contributed by atoms with Crippen LogP contribution in [0.4, 0.5) is 5.13 Å². The van der Waals surface area contributed by atoms with Gasteiger partial charge in [0.15, 0.2) is 0 Å². The van der Waals surface area contributed by atoms with Gasteiger partial charge in [-0.05, 0) is 43.4 Å². The van der Waals surface area contributed by atoms with Crippen LogP contribution in [0.5, 0.6) is 0 Å². The Bertz CT molecular complexity index is 343. The molecule has 1 N–H and O–H groups in total. The van der Waals surface area contributed by atoms with Gasteiger partial charge in [0, 0.05) is 24.5 Å². The second kappa shape index (κ2) is 4.32. The summed E-state index contributed by atoms with van der Waals surface area (Å²) >= 11 is 1.51. The minimum absolute atomic E-state index is 0.911. The average molecular weight is 237 g/mol. The quantitative estimate of drug-likeness (QED) is 0.826. The number of hydrogen-bond donors (Lipinski definition) is 1. The first-order chi connectivity index (χ1) is 7.86.